The Kier molecular flexibility index (Phi) is 2.56. The van der Waals surface area contributed by atoms with Crippen molar-refractivity contribution in [3.63, 3.8) is 0 Å². The van der Waals surface area contributed by atoms with Gasteiger partial charge in [0, 0.05) is 12.5 Å². The summed E-state index contributed by atoms with van der Waals surface area (Å²) >= 11 is 0. The Labute approximate surface area is 92.6 Å². The van der Waals surface area contributed by atoms with E-state index in [0.29, 0.717) is 34.6 Å². The fourth-order valence-electron chi connectivity index (χ4n) is 1.62. The minimum atomic E-state index is -0.0764. The number of hydrogen-bond acceptors (Lipinski definition) is 4. The Morgan fingerprint density at radius 1 is 1.44 bits per heavy atom. The summed E-state index contributed by atoms with van der Waals surface area (Å²) in [6.45, 7) is 1.92. The molecular weight excluding hydrogens is 206 g/mol. The number of methoxy groups -OCH3 is 1. The van der Waals surface area contributed by atoms with Gasteiger partial charge in [-0.1, -0.05) is 6.92 Å². The molecule has 0 atom stereocenters. The van der Waals surface area contributed by atoms with Crippen molar-refractivity contribution in [2.75, 3.05) is 12.8 Å². The van der Waals surface area contributed by atoms with Crippen LogP contribution in [-0.4, -0.2) is 7.11 Å². The maximum absolute atomic E-state index is 11.8. The number of hydrogen-bond donors (Lipinski definition) is 1. The molecule has 0 spiro atoms. The van der Waals surface area contributed by atoms with Crippen LogP contribution in [0.2, 0.25) is 0 Å². The van der Waals surface area contributed by atoms with Crippen LogP contribution < -0.4 is 15.9 Å². The molecule has 1 heterocycles. The highest BCUT2D eigenvalue weighted by molar-refractivity contribution is 5.90. The molecule has 84 valence electrons. The maximum atomic E-state index is 11.8. The lowest BCUT2D eigenvalue weighted by molar-refractivity contribution is 0.416. The zero-order valence-corrected chi connectivity index (χ0v) is 9.24. The van der Waals surface area contributed by atoms with E-state index in [1.54, 1.807) is 12.1 Å². The van der Waals surface area contributed by atoms with Crippen LogP contribution in [0, 0.1) is 0 Å². The van der Waals surface area contributed by atoms with Crippen molar-refractivity contribution < 1.29 is 9.15 Å². The van der Waals surface area contributed by atoms with E-state index >= 15 is 0 Å². The van der Waals surface area contributed by atoms with Gasteiger partial charge in [-0.25, -0.2) is 0 Å². The zero-order valence-electron chi connectivity index (χ0n) is 9.24. The Morgan fingerprint density at radius 2 is 2.19 bits per heavy atom. The summed E-state index contributed by atoms with van der Waals surface area (Å²) in [4.78, 5) is 11.8. The van der Waals surface area contributed by atoms with Gasteiger partial charge in [0.1, 0.15) is 17.2 Å². The van der Waals surface area contributed by atoms with Crippen molar-refractivity contribution in [3.8, 4) is 5.75 Å². The molecule has 0 bridgehead atoms. The summed E-state index contributed by atoms with van der Waals surface area (Å²) in [5.41, 5.74) is 6.56. The molecule has 4 heteroatoms. The molecule has 1 aromatic carbocycles. The molecule has 4 nitrogen and oxygen atoms in total. The average molecular weight is 219 g/mol. The second kappa shape index (κ2) is 3.89. The molecule has 2 rings (SSSR count). The van der Waals surface area contributed by atoms with Crippen LogP contribution in [0.15, 0.2) is 27.4 Å². The van der Waals surface area contributed by atoms with E-state index in [-0.39, 0.29) is 5.43 Å². The largest absolute Gasteiger partial charge is 0.494 e. The van der Waals surface area contributed by atoms with E-state index < -0.39 is 0 Å². The van der Waals surface area contributed by atoms with Gasteiger partial charge >= 0.3 is 0 Å². The van der Waals surface area contributed by atoms with Crippen LogP contribution >= 0.6 is 0 Å². The van der Waals surface area contributed by atoms with Crippen LogP contribution in [0.5, 0.6) is 5.75 Å². The summed E-state index contributed by atoms with van der Waals surface area (Å²) in [7, 11) is 1.53. The molecule has 0 amide bonds. The number of aryl methyl sites for hydroxylation is 1. The molecule has 0 aliphatic carbocycles. The second-order valence-corrected chi connectivity index (χ2v) is 3.49. The molecule has 2 N–H and O–H groups in total. The monoisotopic (exact) mass is 219 g/mol. The van der Waals surface area contributed by atoms with Crippen molar-refractivity contribution in [1.29, 1.82) is 0 Å². The molecule has 0 unspecified atom stereocenters. The quantitative estimate of drug-likeness (QED) is 0.784. The van der Waals surface area contributed by atoms with E-state index in [1.165, 1.54) is 13.2 Å². The number of fused-ring (bicyclic) bond motifs is 1. The molecule has 16 heavy (non-hydrogen) atoms. The third kappa shape index (κ3) is 1.52. The van der Waals surface area contributed by atoms with Crippen molar-refractivity contribution in [2.45, 2.75) is 13.3 Å². The van der Waals surface area contributed by atoms with Gasteiger partial charge in [0.15, 0.2) is 11.0 Å². The number of ether oxygens (including phenoxy) is 1. The highest BCUT2D eigenvalue weighted by Crippen LogP contribution is 2.29. The lowest BCUT2D eigenvalue weighted by atomic mass is 10.1. The summed E-state index contributed by atoms with van der Waals surface area (Å²) in [6.07, 6.45) is 0.655. The van der Waals surface area contributed by atoms with Crippen molar-refractivity contribution in [3.05, 3.63) is 34.2 Å². The van der Waals surface area contributed by atoms with Crippen LogP contribution in [-0.2, 0) is 6.42 Å². The van der Waals surface area contributed by atoms with E-state index in [2.05, 4.69) is 0 Å². The van der Waals surface area contributed by atoms with E-state index in [0.717, 1.165) is 0 Å². The van der Waals surface area contributed by atoms with Crippen LogP contribution in [0.25, 0.3) is 11.0 Å². The Hall–Kier alpha value is -1.97. The third-order valence-electron chi connectivity index (χ3n) is 2.52. The molecule has 0 aliphatic rings. The van der Waals surface area contributed by atoms with Crippen molar-refractivity contribution in [2.24, 2.45) is 0 Å². The lowest BCUT2D eigenvalue weighted by Crippen LogP contribution is -2.04. The first-order chi connectivity index (χ1) is 7.67. The Morgan fingerprint density at radius 3 is 2.81 bits per heavy atom. The predicted octanol–water partition coefficient (Wildman–Crippen LogP) is 1.95. The highest BCUT2D eigenvalue weighted by Gasteiger charge is 2.10. The van der Waals surface area contributed by atoms with Crippen LogP contribution in [0.1, 0.15) is 12.7 Å². The number of benzene rings is 1. The SMILES string of the molecule is CCc1cc(=O)c2ccc(OC)c(N)c2o1. The van der Waals surface area contributed by atoms with Gasteiger partial charge in [0.25, 0.3) is 0 Å². The molecule has 0 saturated carbocycles. The van der Waals surface area contributed by atoms with E-state index in [9.17, 15) is 4.79 Å². The zero-order chi connectivity index (χ0) is 11.7. The maximum Gasteiger partial charge on any atom is 0.193 e. The molecular formula is C12H13NO3. The van der Waals surface area contributed by atoms with Crippen LogP contribution in [0.3, 0.4) is 0 Å². The summed E-state index contributed by atoms with van der Waals surface area (Å²) in [5.74, 6) is 1.14. The molecule has 0 aliphatic heterocycles. The summed E-state index contributed by atoms with van der Waals surface area (Å²) in [6, 6.07) is 4.82. The van der Waals surface area contributed by atoms with Gasteiger partial charge in [-0.05, 0) is 12.1 Å². The van der Waals surface area contributed by atoms with Crippen LogP contribution in [0.4, 0.5) is 5.69 Å². The van der Waals surface area contributed by atoms with Gasteiger partial charge in [0.2, 0.25) is 0 Å². The minimum Gasteiger partial charge on any atom is -0.494 e. The molecule has 2 aromatic rings. The average Bonchev–Trinajstić information content (AvgIpc) is 2.30. The highest BCUT2D eigenvalue weighted by atomic mass is 16.5. The number of nitrogen functional groups attached to an aromatic ring is 1. The van der Waals surface area contributed by atoms with E-state index in [1.807, 2.05) is 6.92 Å². The first-order valence-electron chi connectivity index (χ1n) is 5.06. The molecule has 0 radical (unpaired) electrons. The molecule has 0 saturated heterocycles. The first kappa shape index (κ1) is 10.5. The third-order valence-corrected chi connectivity index (χ3v) is 2.52. The van der Waals surface area contributed by atoms with Gasteiger partial charge in [-0.2, -0.15) is 0 Å². The standard InChI is InChI=1S/C12H13NO3/c1-3-7-6-9(14)8-4-5-10(15-2)11(13)12(8)16-7/h4-6H,3,13H2,1-2H3. The normalized spacial score (nSPS) is 10.6. The number of rotatable bonds is 2. The first-order valence-corrected chi connectivity index (χ1v) is 5.06. The Balaban J connectivity index is 2.86. The fourth-order valence-corrected chi connectivity index (χ4v) is 1.62. The van der Waals surface area contributed by atoms with Gasteiger partial charge in [0.05, 0.1) is 12.5 Å². The van der Waals surface area contributed by atoms with Gasteiger partial charge < -0.3 is 14.9 Å². The lowest BCUT2D eigenvalue weighted by Gasteiger charge is -2.07. The van der Waals surface area contributed by atoms with E-state index in [4.69, 9.17) is 14.9 Å². The van der Waals surface area contributed by atoms with Crippen molar-refractivity contribution in [1.82, 2.24) is 0 Å². The molecule has 0 fully saturated rings. The second-order valence-electron chi connectivity index (χ2n) is 3.49. The summed E-state index contributed by atoms with van der Waals surface area (Å²) in [5, 5.41) is 0.482. The number of anilines is 1. The van der Waals surface area contributed by atoms with Crippen molar-refractivity contribution >= 4 is 16.7 Å². The smallest absolute Gasteiger partial charge is 0.193 e. The predicted molar refractivity (Wildman–Crippen MR) is 62.8 cm³/mol. The Bertz CT molecular complexity index is 587. The summed E-state index contributed by atoms with van der Waals surface area (Å²) < 4.78 is 10.6. The molecule has 1 aromatic heterocycles. The topological polar surface area (TPSA) is 65.5 Å². The van der Waals surface area contributed by atoms with Gasteiger partial charge in [-0.15, -0.1) is 0 Å². The van der Waals surface area contributed by atoms with Gasteiger partial charge in [-0.3, -0.25) is 4.79 Å². The number of nitrogens with two attached hydrogens (primary N) is 1. The fraction of sp³-hybridized carbons (Fsp3) is 0.250. The minimum absolute atomic E-state index is 0.0764.